The van der Waals surface area contributed by atoms with E-state index in [-0.39, 0.29) is 10.5 Å². The van der Waals surface area contributed by atoms with Gasteiger partial charge < -0.3 is 0 Å². The number of aryl methyl sites for hydroxylation is 2. The van der Waals surface area contributed by atoms with E-state index in [9.17, 15) is 8.42 Å². The Kier molecular flexibility index (Phi) is 4.01. The first kappa shape index (κ1) is 15.1. The summed E-state index contributed by atoms with van der Waals surface area (Å²) in [4.78, 5) is 0.0231. The zero-order valence-corrected chi connectivity index (χ0v) is 13.0. The maximum Gasteiger partial charge on any atom is 0.265 e. The van der Waals surface area contributed by atoms with Crippen molar-refractivity contribution < 1.29 is 8.42 Å². The molecule has 0 amide bonds. The molecule has 0 aliphatic heterocycles. The second-order valence-electron chi connectivity index (χ2n) is 4.87. The zero-order chi connectivity index (χ0) is 15.6. The number of benzene rings is 2. The predicted molar refractivity (Wildman–Crippen MR) is 82.7 cm³/mol. The van der Waals surface area contributed by atoms with Crippen LogP contribution in [-0.4, -0.2) is 15.5 Å². The predicted octanol–water partition coefficient (Wildman–Crippen LogP) is 3.00. The molecule has 0 atom stereocenters. The Bertz CT molecular complexity index is 820. The quantitative estimate of drug-likeness (QED) is 0.875. The first-order valence-corrected chi connectivity index (χ1v) is 7.87. The molecular formula is C16H16N2O2S. The van der Waals surface area contributed by atoms with Crippen LogP contribution in [0.3, 0.4) is 0 Å². The van der Waals surface area contributed by atoms with Crippen LogP contribution in [0.25, 0.3) is 0 Å². The van der Waals surface area contributed by atoms with Crippen molar-refractivity contribution >= 4 is 15.7 Å². The molecule has 0 aromatic heterocycles. The van der Waals surface area contributed by atoms with Gasteiger partial charge in [0.1, 0.15) is 11.0 Å². The topological polar surface area (TPSA) is 61.2 Å². The van der Waals surface area contributed by atoms with Gasteiger partial charge in [-0.3, -0.25) is 4.31 Å². The van der Waals surface area contributed by atoms with Crippen molar-refractivity contribution in [2.45, 2.75) is 18.7 Å². The molecule has 0 saturated heterocycles. The third kappa shape index (κ3) is 2.76. The lowest BCUT2D eigenvalue weighted by Gasteiger charge is -2.22. The molecule has 108 valence electrons. The van der Waals surface area contributed by atoms with E-state index in [1.165, 1.54) is 23.5 Å². The molecule has 4 nitrogen and oxygen atoms in total. The highest BCUT2D eigenvalue weighted by Gasteiger charge is 2.25. The summed E-state index contributed by atoms with van der Waals surface area (Å²) in [6, 6.07) is 13.7. The van der Waals surface area contributed by atoms with E-state index >= 15 is 0 Å². The number of anilines is 1. The second-order valence-corrected chi connectivity index (χ2v) is 6.81. The van der Waals surface area contributed by atoms with Gasteiger partial charge in [-0.2, -0.15) is 5.26 Å². The van der Waals surface area contributed by atoms with Crippen LogP contribution >= 0.6 is 0 Å². The zero-order valence-electron chi connectivity index (χ0n) is 12.2. The summed E-state index contributed by atoms with van der Waals surface area (Å²) in [6.07, 6.45) is 0. The van der Waals surface area contributed by atoms with Gasteiger partial charge in [0.2, 0.25) is 0 Å². The Balaban J connectivity index is 2.56. The minimum atomic E-state index is -3.76. The number of hydrogen-bond acceptors (Lipinski definition) is 3. The second kappa shape index (κ2) is 5.58. The van der Waals surface area contributed by atoms with Crippen LogP contribution in [0.1, 0.15) is 16.7 Å². The Morgan fingerprint density at radius 1 is 1.10 bits per heavy atom. The van der Waals surface area contributed by atoms with Crippen LogP contribution in [0.15, 0.2) is 47.4 Å². The van der Waals surface area contributed by atoms with Crippen LogP contribution < -0.4 is 4.31 Å². The number of nitrogens with zero attached hydrogens (tertiary/aromatic N) is 2. The fraction of sp³-hybridized carbons (Fsp3) is 0.188. The lowest BCUT2D eigenvalue weighted by molar-refractivity contribution is 0.594. The van der Waals surface area contributed by atoms with Crippen LogP contribution in [-0.2, 0) is 10.0 Å². The van der Waals surface area contributed by atoms with E-state index in [4.69, 9.17) is 5.26 Å². The van der Waals surface area contributed by atoms with Gasteiger partial charge in [-0.25, -0.2) is 8.42 Å². The van der Waals surface area contributed by atoms with Gasteiger partial charge in [0, 0.05) is 7.05 Å². The van der Waals surface area contributed by atoms with Crippen LogP contribution in [0, 0.1) is 25.2 Å². The van der Waals surface area contributed by atoms with Gasteiger partial charge >= 0.3 is 0 Å². The molecule has 0 radical (unpaired) electrons. The Labute approximate surface area is 125 Å². The number of nitriles is 1. The Hall–Kier alpha value is -2.32. The molecule has 2 rings (SSSR count). The highest BCUT2D eigenvalue weighted by molar-refractivity contribution is 7.92. The third-order valence-electron chi connectivity index (χ3n) is 3.34. The summed E-state index contributed by atoms with van der Waals surface area (Å²) < 4.78 is 26.7. The molecule has 0 aliphatic rings. The average Bonchev–Trinajstić information content (AvgIpc) is 2.46. The molecule has 2 aromatic carbocycles. The van der Waals surface area contributed by atoms with Crippen molar-refractivity contribution in [3.63, 3.8) is 0 Å². The fourth-order valence-electron chi connectivity index (χ4n) is 2.22. The lowest BCUT2D eigenvalue weighted by atomic mass is 10.1. The first-order chi connectivity index (χ1) is 9.87. The van der Waals surface area contributed by atoms with Gasteiger partial charge in [0.15, 0.2) is 0 Å². The van der Waals surface area contributed by atoms with Gasteiger partial charge in [0.05, 0.1) is 11.3 Å². The van der Waals surface area contributed by atoms with Crippen molar-refractivity contribution in [2.24, 2.45) is 0 Å². The van der Waals surface area contributed by atoms with E-state index in [1.807, 2.05) is 32.0 Å². The fourth-order valence-corrected chi connectivity index (χ4v) is 3.62. The maximum atomic E-state index is 12.7. The third-order valence-corrected chi connectivity index (χ3v) is 5.17. The summed E-state index contributed by atoms with van der Waals surface area (Å²) in [6.45, 7) is 3.82. The minimum Gasteiger partial charge on any atom is -0.269 e. The van der Waals surface area contributed by atoms with E-state index < -0.39 is 10.0 Å². The molecule has 0 unspecified atom stereocenters. The molecule has 0 fully saturated rings. The smallest absolute Gasteiger partial charge is 0.265 e. The normalized spacial score (nSPS) is 11.0. The van der Waals surface area contributed by atoms with Gasteiger partial charge in [-0.1, -0.05) is 29.8 Å². The van der Waals surface area contributed by atoms with Gasteiger partial charge in [0.25, 0.3) is 10.0 Å². The monoisotopic (exact) mass is 300 g/mol. The molecule has 0 saturated carbocycles. The largest absolute Gasteiger partial charge is 0.269 e. The average molecular weight is 300 g/mol. The summed E-state index contributed by atoms with van der Waals surface area (Å²) in [5.74, 6) is 0. The molecule has 21 heavy (non-hydrogen) atoms. The van der Waals surface area contributed by atoms with Crippen molar-refractivity contribution in [3.05, 3.63) is 59.2 Å². The highest BCUT2D eigenvalue weighted by Crippen LogP contribution is 2.27. The van der Waals surface area contributed by atoms with Crippen molar-refractivity contribution in [1.29, 1.82) is 5.26 Å². The number of rotatable bonds is 3. The maximum absolute atomic E-state index is 12.7. The number of hydrogen-bond donors (Lipinski definition) is 0. The van der Waals surface area contributed by atoms with Crippen molar-refractivity contribution in [2.75, 3.05) is 11.4 Å². The molecule has 0 spiro atoms. The summed E-state index contributed by atoms with van der Waals surface area (Å²) >= 11 is 0. The first-order valence-electron chi connectivity index (χ1n) is 6.43. The van der Waals surface area contributed by atoms with E-state index in [1.54, 1.807) is 18.2 Å². The molecule has 5 heteroatoms. The van der Waals surface area contributed by atoms with Crippen LogP contribution in [0.4, 0.5) is 5.69 Å². The standard InChI is InChI=1S/C16H16N2O2S/c1-12-8-9-15(13(2)10-12)18(3)21(19,20)16-7-5-4-6-14(16)11-17/h4-10H,1-3H3. The summed E-state index contributed by atoms with van der Waals surface area (Å²) in [5, 5.41) is 9.09. The Morgan fingerprint density at radius 2 is 1.76 bits per heavy atom. The van der Waals surface area contributed by atoms with Gasteiger partial charge in [-0.05, 0) is 37.6 Å². The molecule has 0 aliphatic carbocycles. The van der Waals surface area contributed by atoms with E-state index in [2.05, 4.69) is 0 Å². The van der Waals surface area contributed by atoms with Crippen molar-refractivity contribution in [1.82, 2.24) is 0 Å². The van der Waals surface area contributed by atoms with Crippen LogP contribution in [0.5, 0.6) is 0 Å². The summed E-state index contributed by atoms with van der Waals surface area (Å²) in [7, 11) is -2.26. The number of sulfonamides is 1. The molecular weight excluding hydrogens is 284 g/mol. The van der Waals surface area contributed by atoms with Crippen molar-refractivity contribution in [3.8, 4) is 6.07 Å². The van der Waals surface area contributed by atoms with E-state index in [0.29, 0.717) is 5.69 Å². The van der Waals surface area contributed by atoms with Gasteiger partial charge in [-0.15, -0.1) is 0 Å². The lowest BCUT2D eigenvalue weighted by Crippen LogP contribution is -2.27. The molecule has 0 bridgehead atoms. The molecule has 0 heterocycles. The van der Waals surface area contributed by atoms with E-state index in [0.717, 1.165) is 11.1 Å². The molecule has 0 N–H and O–H groups in total. The molecule has 2 aromatic rings. The SMILES string of the molecule is Cc1ccc(N(C)S(=O)(=O)c2ccccc2C#N)c(C)c1. The van der Waals surface area contributed by atoms with Crippen LogP contribution in [0.2, 0.25) is 0 Å². The highest BCUT2D eigenvalue weighted by atomic mass is 32.2. The minimum absolute atomic E-state index is 0.0231. The summed E-state index contributed by atoms with van der Waals surface area (Å²) in [5.41, 5.74) is 2.69. The Morgan fingerprint density at radius 3 is 2.38 bits per heavy atom.